The number of aromatic nitrogens is 2. The van der Waals surface area contributed by atoms with E-state index in [1.165, 1.54) is 22.4 Å². The SMILES string of the molecule is CC(C)(C)[C@H](NC(=O)c1nn(Cc2ccc(C#N)cc2)c2c(F)cccc12)C(=O)N[C@@H]1CCc2ccccc21. The van der Waals surface area contributed by atoms with Gasteiger partial charge in [0.1, 0.15) is 17.4 Å². The van der Waals surface area contributed by atoms with Crippen LogP contribution in [0.5, 0.6) is 0 Å². The molecular weight excluding hydrogens is 493 g/mol. The summed E-state index contributed by atoms with van der Waals surface area (Å²) in [5.41, 5.74) is 3.30. The molecule has 4 aromatic rings. The predicted octanol–water partition coefficient (Wildman–Crippen LogP) is 5.04. The minimum absolute atomic E-state index is 0.0476. The van der Waals surface area contributed by atoms with Crippen molar-refractivity contribution >= 4 is 22.7 Å². The molecule has 1 heterocycles. The van der Waals surface area contributed by atoms with Gasteiger partial charge in [0.15, 0.2) is 5.69 Å². The van der Waals surface area contributed by atoms with Crippen LogP contribution < -0.4 is 10.6 Å². The quantitative estimate of drug-likeness (QED) is 0.370. The number of hydrogen-bond acceptors (Lipinski definition) is 4. The first-order valence-corrected chi connectivity index (χ1v) is 13.0. The van der Waals surface area contributed by atoms with Crippen LogP contribution in [0.1, 0.15) is 66.0 Å². The molecule has 2 atom stereocenters. The number of rotatable bonds is 6. The first-order chi connectivity index (χ1) is 18.7. The van der Waals surface area contributed by atoms with Gasteiger partial charge in [-0.05, 0) is 53.1 Å². The number of hydrogen-bond donors (Lipinski definition) is 2. The van der Waals surface area contributed by atoms with Gasteiger partial charge in [-0.15, -0.1) is 0 Å². The zero-order valence-corrected chi connectivity index (χ0v) is 22.2. The maximum atomic E-state index is 15.0. The van der Waals surface area contributed by atoms with Gasteiger partial charge in [-0.25, -0.2) is 4.39 Å². The average Bonchev–Trinajstić information content (AvgIpc) is 3.49. The van der Waals surface area contributed by atoms with Gasteiger partial charge in [0.2, 0.25) is 5.91 Å². The lowest BCUT2D eigenvalue weighted by atomic mass is 9.85. The molecule has 0 spiro atoms. The van der Waals surface area contributed by atoms with Gasteiger partial charge in [0.05, 0.1) is 24.2 Å². The van der Waals surface area contributed by atoms with Gasteiger partial charge in [0.25, 0.3) is 5.91 Å². The second-order valence-electron chi connectivity index (χ2n) is 11.0. The van der Waals surface area contributed by atoms with E-state index in [1.54, 1.807) is 30.3 Å². The summed E-state index contributed by atoms with van der Waals surface area (Å²) >= 11 is 0. The van der Waals surface area contributed by atoms with Crippen molar-refractivity contribution in [2.45, 2.75) is 52.2 Å². The third-order valence-corrected chi connectivity index (χ3v) is 7.20. The van der Waals surface area contributed by atoms with Gasteiger partial charge < -0.3 is 10.6 Å². The van der Waals surface area contributed by atoms with Gasteiger partial charge in [0, 0.05) is 5.39 Å². The molecule has 198 valence electrons. The van der Waals surface area contributed by atoms with E-state index in [-0.39, 0.29) is 29.7 Å². The Balaban J connectivity index is 1.42. The van der Waals surface area contributed by atoms with Gasteiger partial charge >= 0.3 is 0 Å². The number of aryl methyl sites for hydroxylation is 1. The Kier molecular flexibility index (Phi) is 6.92. The molecule has 0 saturated carbocycles. The molecule has 1 aliphatic carbocycles. The Hall–Kier alpha value is -4.51. The van der Waals surface area contributed by atoms with Crippen LogP contribution in [0.15, 0.2) is 66.7 Å². The standard InChI is InChI=1S/C31H30FN5O2/c1-31(2,3)28(30(39)34-25-16-15-21-7-4-5-8-22(21)25)35-29(38)26-23-9-6-10-24(32)27(23)37(36-26)18-20-13-11-19(17-33)12-14-20/h4-14,25,28H,15-16,18H2,1-3H3,(H,34,39)(H,35,38)/t25-,28-/m1/s1. The van der Waals surface area contributed by atoms with Crippen molar-refractivity contribution < 1.29 is 14.0 Å². The molecule has 1 aromatic heterocycles. The number of para-hydroxylation sites is 1. The van der Waals surface area contributed by atoms with Gasteiger partial charge in [-0.2, -0.15) is 10.4 Å². The molecule has 0 radical (unpaired) electrons. The largest absolute Gasteiger partial charge is 0.347 e. The topological polar surface area (TPSA) is 99.8 Å². The maximum absolute atomic E-state index is 15.0. The molecule has 1 aliphatic rings. The molecule has 7 nitrogen and oxygen atoms in total. The molecule has 0 fully saturated rings. The molecule has 3 aromatic carbocycles. The van der Waals surface area contributed by atoms with Crippen LogP contribution in [0.4, 0.5) is 4.39 Å². The first-order valence-electron chi connectivity index (χ1n) is 13.0. The lowest BCUT2D eigenvalue weighted by Crippen LogP contribution is -2.54. The van der Waals surface area contributed by atoms with E-state index >= 15 is 0 Å². The monoisotopic (exact) mass is 523 g/mol. The van der Waals surface area contributed by atoms with Crippen LogP contribution in [0.3, 0.4) is 0 Å². The Morgan fingerprint density at radius 2 is 1.85 bits per heavy atom. The average molecular weight is 524 g/mol. The predicted molar refractivity (Wildman–Crippen MR) is 146 cm³/mol. The Morgan fingerprint density at radius 1 is 1.10 bits per heavy atom. The number of halogens is 1. The lowest BCUT2D eigenvalue weighted by molar-refractivity contribution is -0.126. The van der Waals surface area contributed by atoms with Gasteiger partial charge in [-0.1, -0.05) is 69.3 Å². The number of nitrogens with one attached hydrogen (secondary N) is 2. The smallest absolute Gasteiger partial charge is 0.273 e. The summed E-state index contributed by atoms with van der Waals surface area (Å²) < 4.78 is 16.4. The van der Waals surface area contributed by atoms with Crippen molar-refractivity contribution in [1.82, 2.24) is 20.4 Å². The number of nitriles is 1. The second kappa shape index (κ2) is 10.3. The normalized spacial score (nSPS) is 15.4. The summed E-state index contributed by atoms with van der Waals surface area (Å²) in [5, 5.41) is 19.9. The second-order valence-corrected chi connectivity index (χ2v) is 11.0. The van der Waals surface area contributed by atoms with E-state index in [0.717, 1.165) is 24.0 Å². The molecular formula is C31H30FN5O2. The van der Waals surface area contributed by atoms with E-state index in [9.17, 15) is 14.0 Å². The van der Waals surface area contributed by atoms with Gasteiger partial charge in [-0.3, -0.25) is 14.3 Å². The highest BCUT2D eigenvalue weighted by Gasteiger charge is 2.36. The zero-order valence-electron chi connectivity index (χ0n) is 22.2. The number of nitrogens with zero attached hydrogens (tertiary/aromatic N) is 3. The number of amides is 2. The summed E-state index contributed by atoms with van der Waals surface area (Å²) in [4.78, 5) is 27.1. The Morgan fingerprint density at radius 3 is 2.56 bits per heavy atom. The highest BCUT2D eigenvalue weighted by molar-refractivity contribution is 6.06. The van der Waals surface area contributed by atoms with Crippen molar-refractivity contribution in [1.29, 1.82) is 5.26 Å². The van der Waals surface area contributed by atoms with Crippen molar-refractivity contribution in [3.8, 4) is 6.07 Å². The summed E-state index contributed by atoms with van der Waals surface area (Å²) in [6.45, 7) is 5.88. The first kappa shape index (κ1) is 26.1. The molecule has 39 heavy (non-hydrogen) atoms. The van der Waals surface area contributed by atoms with Crippen LogP contribution in [0.25, 0.3) is 10.9 Å². The highest BCUT2D eigenvalue weighted by atomic mass is 19.1. The molecule has 2 amide bonds. The fraction of sp³-hybridized carbons (Fsp3) is 0.290. The van der Waals surface area contributed by atoms with E-state index in [1.807, 2.05) is 39.0 Å². The number of fused-ring (bicyclic) bond motifs is 2. The summed E-state index contributed by atoms with van der Waals surface area (Å²) in [7, 11) is 0. The molecule has 0 bridgehead atoms. The number of benzene rings is 3. The molecule has 8 heteroatoms. The third kappa shape index (κ3) is 5.26. The maximum Gasteiger partial charge on any atom is 0.273 e. The van der Waals surface area contributed by atoms with Crippen molar-refractivity contribution in [2.24, 2.45) is 5.41 Å². The lowest BCUT2D eigenvalue weighted by Gasteiger charge is -2.31. The molecule has 0 unspecified atom stereocenters. The van der Waals surface area contributed by atoms with E-state index in [0.29, 0.717) is 10.9 Å². The summed E-state index contributed by atoms with van der Waals surface area (Å²) in [6.07, 6.45) is 1.70. The van der Waals surface area contributed by atoms with Crippen LogP contribution in [0, 0.1) is 22.6 Å². The summed E-state index contributed by atoms with van der Waals surface area (Å²) in [6, 6.07) is 20.6. The number of carbonyl (C=O) groups is 2. The van der Waals surface area contributed by atoms with Crippen molar-refractivity contribution in [2.75, 3.05) is 0 Å². The Labute approximate surface area is 226 Å². The van der Waals surface area contributed by atoms with Crippen LogP contribution >= 0.6 is 0 Å². The third-order valence-electron chi connectivity index (χ3n) is 7.20. The van der Waals surface area contributed by atoms with Crippen LogP contribution in [-0.4, -0.2) is 27.6 Å². The highest BCUT2D eigenvalue weighted by Crippen LogP contribution is 2.32. The van der Waals surface area contributed by atoms with E-state index in [2.05, 4.69) is 27.9 Å². The van der Waals surface area contributed by atoms with E-state index in [4.69, 9.17) is 5.26 Å². The minimum Gasteiger partial charge on any atom is -0.347 e. The van der Waals surface area contributed by atoms with Crippen LogP contribution in [-0.2, 0) is 17.8 Å². The zero-order chi connectivity index (χ0) is 27.7. The minimum atomic E-state index is -0.843. The fourth-order valence-corrected chi connectivity index (χ4v) is 5.17. The molecule has 2 N–H and O–H groups in total. The number of carbonyl (C=O) groups excluding carboxylic acids is 2. The van der Waals surface area contributed by atoms with Crippen LogP contribution in [0.2, 0.25) is 0 Å². The molecule has 0 saturated heterocycles. The van der Waals surface area contributed by atoms with Crippen molar-refractivity contribution in [3.05, 3.63) is 100 Å². The molecule has 5 rings (SSSR count). The van der Waals surface area contributed by atoms with E-state index < -0.39 is 23.2 Å². The Bertz CT molecular complexity index is 1590. The molecule has 0 aliphatic heterocycles. The van der Waals surface area contributed by atoms with Crippen molar-refractivity contribution in [3.63, 3.8) is 0 Å². The fourth-order valence-electron chi connectivity index (χ4n) is 5.17. The summed E-state index contributed by atoms with van der Waals surface area (Å²) in [5.74, 6) is -1.33.